The number of hydrogen-bond donors (Lipinski definition) is 4. The maximum absolute atomic E-state index is 13.7. The minimum Gasteiger partial charge on any atom is -0.390 e. The number of aromatic amines is 1. The summed E-state index contributed by atoms with van der Waals surface area (Å²) in [4.78, 5) is 9.55. The lowest BCUT2D eigenvalue weighted by Crippen LogP contribution is -2.42. The summed E-state index contributed by atoms with van der Waals surface area (Å²) in [6, 6.07) is 7.89. The fourth-order valence-electron chi connectivity index (χ4n) is 5.07. The summed E-state index contributed by atoms with van der Waals surface area (Å²) in [5, 5.41) is 23.4. The molecule has 212 valence electrons. The third-order valence-corrected chi connectivity index (χ3v) is 8.42. The number of alkyl halides is 3. The summed E-state index contributed by atoms with van der Waals surface area (Å²) >= 11 is 0. The van der Waals surface area contributed by atoms with Gasteiger partial charge in [0.1, 0.15) is 11.0 Å². The third-order valence-electron chi connectivity index (χ3n) is 7.11. The Labute approximate surface area is 223 Å². The second-order valence-electron chi connectivity index (χ2n) is 10.1. The van der Waals surface area contributed by atoms with Crippen LogP contribution in [0.5, 0.6) is 0 Å². The highest BCUT2D eigenvalue weighted by molar-refractivity contribution is 7.88. The molecule has 3 aromatic rings. The van der Waals surface area contributed by atoms with E-state index in [1.165, 1.54) is 15.4 Å². The molecule has 0 unspecified atom stereocenters. The number of benzene rings is 1. The Hall–Kier alpha value is -3.01. The first kappa shape index (κ1) is 27.6. The topological polar surface area (TPSA) is 139 Å². The van der Waals surface area contributed by atoms with E-state index in [1.54, 1.807) is 0 Å². The number of aliphatic hydroxyl groups is 1. The van der Waals surface area contributed by atoms with Gasteiger partial charge in [0.2, 0.25) is 15.8 Å². The van der Waals surface area contributed by atoms with Gasteiger partial charge in [0.15, 0.2) is 11.6 Å². The zero-order valence-electron chi connectivity index (χ0n) is 21.4. The largest absolute Gasteiger partial charge is 0.451 e. The van der Waals surface area contributed by atoms with Gasteiger partial charge in [0.25, 0.3) is 0 Å². The van der Waals surface area contributed by atoms with Gasteiger partial charge in [-0.05, 0) is 30.4 Å². The summed E-state index contributed by atoms with van der Waals surface area (Å²) in [6.45, 7) is 2.50. The number of hydrogen-bond acceptors (Lipinski definition) is 9. The summed E-state index contributed by atoms with van der Waals surface area (Å²) < 4.78 is 65.8. The first-order valence-electron chi connectivity index (χ1n) is 12.7. The van der Waals surface area contributed by atoms with Crippen molar-refractivity contribution in [3.8, 4) is 0 Å². The lowest BCUT2D eigenvalue weighted by atomic mass is 10.00. The van der Waals surface area contributed by atoms with Crippen molar-refractivity contribution in [1.29, 1.82) is 0 Å². The quantitative estimate of drug-likeness (QED) is 0.322. The molecule has 5 rings (SSSR count). The molecule has 0 radical (unpaired) electrons. The molecule has 0 spiro atoms. The predicted molar refractivity (Wildman–Crippen MR) is 140 cm³/mol. The van der Waals surface area contributed by atoms with Gasteiger partial charge in [-0.1, -0.05) is 24.3 Å². The number of nitrogens with zero attached hydrogens (tertiary/aromatic N) is 5. The second kappa shape index (κ2) is 10.9. The molecule has 2 aromatic heterocycles. The minimum absolute atomic E-state index is 0.0486. The fourth-order valence-corrected chi connectivity index (χ4v) is 5.94. The summed E-state index contributed by atoms with van der Waals surface area (Å²) in [5.41, 5.74) is 2.67. The fraction of sp³-hybridized carbons (Fsp3) is 0.542. The van der Waals surface area contributed by atoms with Crippen molar-refractivity contribution in [3.63, 3.8) is 0 Å². The summed E-state index contributed by atoms with van der Waals surface area (Å²) in [6.07, 6.45) is -2.74. The Balaban J connectivity index is 1.27. The van der Waals surface area contributed by atoms with Gasteiger partial charge in [-0.2, -0.15) is 18.3 Å². The molecular weight excluding hydrogens is 537 g/mol. The van der Waals surface area contributed by atoms with Crippen molar-refractivity contribution in [1.82, 2.24) is 29.4 Å². The van der Waals surface area contributed by atoms with Crippen molar-refractivity contribution in [2.24, 2.45) is 0 Å². The van der Waals surface area contributed by atoms with Crippen molar-refractivity contribution in [2.75, 3.05) is 49.6 Å². The monoisotopic (exact) mass is 568 g/mol. The summed E-state index contributed by atoms with van der Waals surface area (Å²) in [5.74, 6) is -1.29. The van der Waals surface area contributed by atoms with E-state index in [0.29, 0.717) is 19.4 Å². The molecule has 1 fully saturated rings. The van der Waals surface area contributed by atoms with Gasteiger partial charge in [0, 0.05) is 45.3 Å². The van der Waals surface area contributed by atoms with E-state index in [2.05, 4.69) is 47.8 Å². The van der Waals surface area contributed by atoms with Crippen LogP contribution in [0.3, 0.4) is 0 Å². The second-order valence-corrected chi connectivity index (χ2v) is 12.0. The first-order chi connectivity index (χ1) is 18.5. The first-order valence-corrected chi connectivity index (χ1v) is 14.6. The third kappa shape index (κ3) is 6.42. The molecule has 15 heteroatoms. The smallest absolute Gasteiger partial charge is 0.390 e. The van der Waals surface area contributed by atoms with Crippen molar-refractivity contribution in [2.45, 2.75) is 44.1 Å². The van der Waals surface area contributed by atoms with Gasteiger partial charge in [-0.15, -0.1) is 0 Å². The average Bonchev–Trinajstić information content (AvgIpc) is 3.30. The minimum atomic E-state index is -4.79. The molecule has 0 amide bonds. The van der Waals surface area contributed by atoms with Crippen molar-refractivity contribution < 1.29 is 26.7 Å². The van der Waals surface area contributed by atoms with Crippen LogP contribution in [0.25, 0.3) is 11.0 Å². The predicted octanol–water partition coefficient (Wildman–Crippen LogP) is 2.04. The van der Waals surface area contributed by atoms with Crippen LogP contribution >= 0.6 is 0 Å². The highest BCUT2D eigenvalue weighted by Gasteiger charge is 2.37. The maximum atomic E-state index is 13.7. The van der Waals surface area contributed by atoms with E-state index in [0.717, 1.165) is 25.8 Å². The lowest BCUT2D eigenvalue weighted by molar-refractivity contribution is -0.144. The number of nitrogens with one attached hydrogen (secondary N) is 3. The maximum Gasteiger partial charge on any atom is 0.451 e. The average molecular weight is 569 g/mol. The number of rotatable bonds is 8. The van der Waals surface area contributed by atoms with Crippen LogP contribution in [0.1, 0.15) is 29.8 Å². The van der Waals surface area contributed by atoms with Crippen LogP contribution < -0.4 is 10.6 Å². The molecule has 0 bridgehead atoms. The Morgan fingerprint density at radius 3 is 2.54 bits per heavy atom. The lowest BCUT2D eigenvalue weighted by Gasteiger charge is -2.31. The summed E-state index contributed by atoms with van der Waals surface area (Å²) in [7, 11) is -3.33. The van der Waals surface area contributed by atoms with Crippen LogP contribution in [-0.2, 0) is 29.2 Å². The van der Waals surface area contributed by atoms with E-state index in [9.17, 15) is 26.7 Å². The van der Waals surface area contributed by atoms with E-state index < -0.39 is 28.1 Å². The molecule has 4 heterocycles. The van der Waals surface area contributed by atoms with Crippen LogP contribution in [0.2, 0.25) is 0 Å². The molecule has 39 heavy (non-hydrogen) atoms. The van der Waals surface area contributed by atoms with E-state index in [1.807, 2.05) is 12.1 Å². The van der Waals surface area contributed by atoms with Crippen LogP contribution in [0, 0.1) is 0 Å². The number of sulfonamides is 1. The highest BCUT2D eigenvalue weighted by Crippen LogP contribution is 2.32. The van der Waals surface area contributed by atoms with Gasteiger partial charge >= 0.3 is 6.18 Å². The van der Waals surface area contributed by atoms with E-state index >= 15 is 0 Å². The Morgan fingerprint density at radius 2 is 1.85 bits per heavy atom. The van der Waals surface area contributed by atoms with Gasteiger partial charge < -0.3 is 15.7 Å². The molecule has 4 N–H and O–H groups in total. The number of aromatic nitrogens is 4. The standard InChI is InChI=1S/C24H31F3N8O3S/c1-39(37,38)35-10-7-17(8-11-35)29-22-20-19(30-23(31-22)24(25,26)27)21(33-32-20)28-12-18(36)14-34-9-6-15-4-2-3-5-16(15)13-34/h2-5,17-18,36H,6-14H2,1H3,(H2,28,32,33)(H,29,30,31)/t18-/m0/s1. The number of halogens is 3. The van der Waals surface area contributed by atoms with Crippen molar-refractivity contribution in [3.05, 3.63) is 41.2 Å². The Morgan fingerprint density at radius 1 is 1.13 bits per heavy atom. The SMILES string of the molecule is CS(=O)(=O)N1CCC(Nc2nc(C(F)(F)F)nc3c(NC[C@H](O)CN4CCc5ccccc5C4)n[nH]c23)CC1. The molecule has 1 aromatic carbocycles. The Bertz CT molecular complexity index is 1420. The van der Waals surface area contributed by atoms with Crippen LogP contribution in [-0.4, -0.2) is 94.0 Å². The number of fused-ring (bicyclic) bond motifs is 2. The normalized spacial score (nSPS) is 18.7. The number of anilines is 2. The van der Waals surface area contributed by atoms with Gasteiger partial charge in [-0.3, -0.25) is 10.00 Å². The molecule has 0 saturated carbocycles. The zero-order valence-corrected chi connectivity index (χ0v) is 22.2. The number of aliphatic hydroxyl groups excluding tert-OH is 1. The Kier molecular flexibility index (Phi) is 7.68. The molecular formula is C24H31F3N8O3S. The number of β-amino-alcohol motifs (C(OH)–C–C–N with tert-alkyl or cyclic N) is 1. The van der Waals surface area contributed by atoms with Crippen LogP contribution in [0.15, 0.2) is 24.3 Å². The van der Waals surface area contributed by atoms with Gasteiger partial charge in [0.05, 0.1) is 12.4 Å². The molecule has 11 nitrogen and oxygen atoms in total. The molecule has 0 aliphatic carbocycles. The molecule has 2 aliphatic rings. The van der Waals surface area contributed by atoms with E-state index in [-0.39, 0.29) is 48.3 Å². The van der Waals surface area contributed by atoms with Gasteiger partial charge in [-0.25, -0.2) is 22.7 Å². The number of piperidine rings is 1. The molecule has 1 saturated heterocycles. The van der Waals surface area contributed by atoms with Crippen LogP contribution in [0.4, 0.5) is 24.8 Å². The van der Waals surface area contributed by atoms with E-state index in [4.69, 9.17) is 0 Å². The molecule has 2 aliphatic heterocycles. The number of H-pyrrole nitrogens is 1. The highest BCUT2D eigenvalue weighted by atomic mass is 32.2. The molecule has 1 atom stereocenters. The van der Waals surface area contributed by atoms with Crippen molar-refractivity contribution >= 4 is 32.7 Å². The zero-order chi connectivity index (χ0) is 27.8.